The van der Waals surface area contributed by atoms with Crippen LogP contribution in [0.2, 0.25) is 0 Å². The summed E-state index contributed by atoms with van der Waals surface area (Å²) in [6.07, 6.45) is 1.89. The highest BCUT2D eigenvalue weighted by molar-refractivity contribution is 8.50. The third kappa shape index (κ3) is 11.6. The molecule has 0 aliphatic heterocycles. The van der Waals surface area contributed by atoms with Gasteiger partial charge in [0.1, 0.15) is 0 Å². The molecule has 0 rings (SSSR count). The number of halogens is 1. The molecule has 0 heterocycles. The molecule has 0 bridgehead atoms. The number of hydrogen-bond donors (Lipinski definition) is 2. The Morgan fingerprint density at radius 1 is 1.50 bits per heavy atom. The van der Waals surface area contributed by atoms with Crippen molar-refractivity contribution in [1.29, 1.82) is 0 Å². The van der Waals surface area contributed by atoms with Crippen molar-refractivity contribution in [2.75, 3.05) is 12.3 Å². The summed E-state index contributed by atoms with van der Waals surface area (Å²) in [6.45, 7) is 0.674. The molecule has 0 saturated carbocycles. The first kappa shape index (κ1) is 13.4. The molecule has 10 heavy (non-hydrogen) atoms. The number of hydrogen-bond acceptors (Lipinski definition) is 3. The highest BCUT2D eigenvalue weighted by atomic mass is 35.5. The van der Waals surface area contributed by atoms with Gasteiger partial charge in [-0.25, -0.2) is 0 Å². The summed E-state index contributed by atoms with van der Waals surface area (Å²) in [5.41, 5.74) is 5.20. The summed E-state index contributed by atoms with van der Waals surface area (Å²) in [6, 6.07) is 0. The van der Waals surface area contributed by atoms with Crippen LogP contribution in [0.1, 0.15) is 12.8 Å². The van der Waals surface area contributed by atoms with Crippen molar-refractivity contribution >= 4 is 31.0 Å². The van der Waals surface area contributed by atoms with Crippen LogP contribution in [0, 0.1) is 0 Å². The maximum absolute atomic E-state index is 10.1. The van der Waals surface area contributed by atoms with Crippen molar-refractivity contribution in [3.63, 3.8) is 0 Å². The van der Waals surface area contributed by atoms with Crippen LogP contribution in [-0.2, 0) is 4.57 Å². The Hall–Kier alpha value is 0.790. The van der Waals surface area contributed by atoms with Gasteiger partial charge >= 0.3 is 0 Å². The smallest absolute Gasteiger partial charge is 0.243 e. The first-order valence-corrected chi connectivity index (χ1v) is 5.89. The fourth-order valence-corrected chi connectivity index (χ4v) is 1.89. The number of nitrogens with two attached hydrogens (primary N) is 1. The van der Waals surface area contributed by atoms with Crippen LogP contribution in [-0.4, -0.2) is 17.2 Å². The Morgan fingerprint density at radius 2 is 2.10 bits per heavy atom. The van der Waals surface area contributed by atoms with E-state index in [2.05, 4.69) is 0 Å². The molecule has 0 radical (unpaired) electrons. The summed E-state index contributed by atoms with van der Waals surface area (Å²) in [5, 5.41) is 0. The van der Waals surface area contributed by atoms with Gasteiger partial charge in [-0.2, -0.15) is 0 Å². The van der Waals surface area contributed by atoms with Crippen molar-refractivity contribution in [3.05, 3.63) is 0 Å². The zero-order valence-electron chi connectivity index (χ0n) is 5.58. The predicted molar refractivity (Wildman–Crippen MR) is 49.2 cm³/mol. The Labute approximate surface area is 71.8 Å². The summed E-state index contributed by atoms with van der Waals surface area (Å²) >= 11 is 1.12. The molecule has 0 aromatic carbocycles. The molecule has 0 amide bonds. The summed E-state index contributed by atoms with van der Waals surface area (Å²) in [5.74, 6) is 0.755. The van der Waals surface area contributed by atoms with Crippen molar-refractivity contribution in [1.82, 2.24) is 0 Å². The number of rotatable bonds is 5. The Kier molecular flexibility index (Phi) is 13.1. The average Bonchev–Trinajstić information content (AvgIpc) is 1.80. The SMILES string of the molecule is Cl.NCCCCS[PH](=O)O. The molecule has 0 aliphatic carbocycles. The van der Waals surface area contributed by atoms with E-state index in [1.54, 1.807) is 0 Å². The molecule has 3 N–H and O–H groups in total. The van der Waals surface area contributed by atoms with Gasteiger partial charge in [-0.15, -0.1) is 12.4 Å². The van der Waals surface area contributed by atoms with E-state index in [-0.39, 0.29) is 12.4 Å². The van der Waals surface area contributed by atoms with E-state index in [1.807, 2.05) is 0 Å². The lowest BCUT2D eigenvalue weighted by atomic mass is 10.3. The first-order valence-electron chi connectivity index (χ1n) is 2.83. The molecule has 0 aromatic rings. The van der Waals surface area contributed by atoms with Crippen LogP contribution in [0.15, 0.2) is 0 Å². The molecule has 0 aliphatic rings. The normalized spacial score (nSPS) is 12.2. The lowest BCUT2D eigenvalue weighted by Crippen LogP contribution is -1.97. The molecule has 0 fully saturated rings. The first-order chi connectivity index (χ1) is 4.27. The van der Waals surface area contributed by atoms with Gasteiger partial charge in [0, 0.05) is 5.75 Å². The van der Waals surface area contributed by atoms with E-state index < -0.39 is 7.23 Å². The molecule has 0 spiro atoms. The molecule has 1 atom stereocenters. The van der Waals surface area contributed by atoms with Gasteiger partial charge in [0.2, 0.25) is 7.23 Å². The fourth-order valence-electron chi connectivity index (χ4n) is 0.406. The van der Waals surface area contributed by atoms with Gasteiger partial charge in [-0.1, -0.05) is 11.4 Å². The molecular formula is C4H13ClNO2PS. The van der Waals surface area contributed by atoms with Crippen molar-refractivity contribution < 1.29 is 9.46 Å². The predicted octanol–water partition coefficient (Wildman–Crippen LogP) is 1.26. The minimum atomic E-state index is -2.29. The van der Waals surface area contributed by atoms with Gasteiger partial charge in [0.25, 0.3) is 0 Å². The topological polar surface area (TPSA) is 63.3 Å². The second-order valence-electron chi connectivity index (χ2n) is 1.61. The van der Waals surface area contributed by atoms with Crippen molar-refractivity contribution in [3.8, 4) is 0 Å². The van der Waals surface area contributed by atoms with Crippen LogP contribution in [0.3, 0.4) is 0 Å². The fraction of sp³-hybridized carbons (Fsp3) is 1.00. The standard InChI is InChI=1S/C4H12NO2PS.ClH/c5-3-1-2-4-9-8(6)7;/h8H,1-5H2,(H,6,7);1H. The minimum absolute atomic E-state index is 0. The van der Waals surface area contributed by atoms with Crippen LogP contribution in [0.25, 0.3) is 0 Å². The van der Waals surface area contributed by atoms with Gasteiger partial charge in [0.15, 0.2) is 0 Å². The molecule has 64 valence electrons. The largest absolute Gasteiger partial charge is 0.339 e. The van der Waals surface area contributed by atoms with E-state index in [4.69, 9.17) is 10.6 Å². The van der Waals surface area contributed by atoms with Gasteiger partial charge in [0.05, 0.1) is 0 Å². The van der Waals surface area contributed by atoms with E-state index in [0.717, 1.165) is 30.0 Å². The van der Waals surface area contributed by atoms with E-state index in [0.29, 0.717) is 6.54 Å². The monoisotopic (exact) mass is 205 g/mol. The molecular weight excluding hydrogens is 193 g/mol. The van der Waals surface area contributed by atoms with Crippen LogP contribution >= 0.6 is 31.0 Å². The zero-order chi connectivity index (χ0) is 7.11. The van der Waals surface area contributed by atoms with Gasteiger partial charge in [-0.05, 0) is 19.4 Å². The molecule has 6 heteroatoms. The third-order valence-electron chi connectivity index (χ3n) is 0.824. The second-order valence-corrected chi connectivity index (χ2v) is 4.75. The maximum atomic E-state index is 10.1. The third-order valence-corrected chi connectivity index (χ3v) is 2.92. The second kappa shape index (κ2) is 9.79. The molecule has 3 nitrogen and oxygen atoms in total. The Bertz CT molecular complexity index is 95.3. The summed E-state index contributed by atoms with van der Waals surface area (Å²) in [7, 11) is -2.29. The Balaban J connectivity index is 0. The molecule has 1 unspecified atom stereocenters. The van der Waals surface area contributed by atoms with E-state index >= 15 is 0 Å². The van der Waals surface area contributed by atoms with Gasteiger partial charge in [-0.3, -0.25) is 4.57 Å². The lowest BCUT2D eigenvalue weighted by molar-refractivity contribution is 0.519. The minimum Gasteiger partial charge on any atom is -0.339 e. The zero-order valence-corrected chi connectivity index (χ0v) is 8.21. The maximum Gasteiger partial charge on any atom is 0.243 e. The highest BCUT2D eigenvalue weighted by Crippen LogP contribution is 2.32. The van der Waals surface area contributed by atoms with Crippen LogP contribution in [0.4, 0.5) is 0 Å². The summed E-state index contributed by atoms with van der Waals surface area (Å²) in [4.78, 5) is 8.33. The summed E-state index contributed by atoms with van der Waals surface area (Å²) < 4.78 is 10.1. The van der Waals surface area contributed by atoms with Crippen LogP contribution in [0.5, 0.6) is 0 Å². The Morgan fingerprint density at radius 3 is 2.50 bits per heavy atom. The van der Waals surface area contributed by atoms with Crippen molar-refractivity contribution in [2.45, 2.75) is 12.8 Å². The van der Waals surface area contributed by atoms with Crippen LogP contribution < -0.4 is 5.73 Å². The van der Waals surface area contributed by atoms with E-state index in [1.165, 1.54) is 0 Å². The lowest BCUT2D eigenvalue weighted by Gasteiger charge is -1.93. The van der Waals surface area contributed by atoms with E-state index in [9.17, 15) is 4.57 Å². The average molecular weight is 206 g/mol. The number of unbranched alkanes of at least 4 members (excludes halogenated alkanes) is 1. The van der Waals surface area contributed by atoms with Crippen molar-refractivity contribution in [2.24, 2.45) is 5.73 Å². The molecule has 0 saturated heterocycles. The highest BCUT2D eigenvalue weighted by Gasteiger charge is 1.91. The van der Waals surface area contributed by atoms with Gasteiger partial charge < -0.3 is 10.6 Å². The quantitative estimate of drug-likeness (QED) is 0.524. The molecule has 0 aromatic heterocycles.